The van der Waals surface area contributed by atoms with Gasteiger partial charge in [0.2, 0.25) is 0 Å². The van der Waals surface area contributed by atoms with Crippen LogP contribution in [-0.2, 0) is 0 Å². The van der Waals surface area contributed by atoms with Gasteiger partial charge >= 0.3 is 0 Å². The predicted molar refractivity (Wildman–Crippen MR) is 179 cm³/mol. The largest absolute Gasteiger partial charge is 0.295 e. The summed E-state index contributed by atoms with van der Waals surface area (Å²) in [6.45, 7) is 7.61. The lowest BCUT2D eigenvalue weighted by Gasteiger charge is -2.25. The van der Waals surface area contributed by atoms with Crippen molar-refractivity contribution in [2.45, 2.75) is 0 Å². The highest BCUT2D eigenvalue weighted by Crippen LogP contribution is 2.40. The van der Waals surface area contributed by atoms with Crippen molar-refractivity contribution in [1.82, 2.24) is 4.98 Å². The fourth-order valence-electron chi connectivity index (χ4n) is 5.69. The van der Waals surface area contributed by atoms with Gasteiger partial charge in [0.1, 0.15) is 11.6 Å². The number of fused-ring (bicyclic) bond motifs is 1. The third-order valence-corrected chi connectivity index (χ3v) is 7.73. The molecular weight excluding hydrogens is 541 g/mol. The summed E-state index contributed by atoms with van der Waals surface area (Å²) in [6, 6.07) is 51.5. The van der Waals surface area contributed by atoms with Crippen LogP contribution in [0.1, 0.15) is 0 Å². The summed E-state index contributed by atoms with van der Waals surface area (Å²) in [4.78, 5) is 10.9. The lowest BCUT2D eigenvalue weighted by atomic mass is 9.95. The molecule has 1 heterocycles. The summed E-state index contributed by atoms with van der Waals surface area (Å²) in [5.74, 6) is 0.302. The van der Waals surface area contributed by atoms with E-state index in [1.54, 1.807) is 12.1 Å². The van der Waals surface area contributed by atoms with E-state index in [0.29, 0.717) is 11.1 Å². The molecule has 6 aromatic carbocycles. The van der Waals surface area contributed by atoms with Gasteiger partial charge in [-0.25, -0.2) is 14.2 Å². The summed E-state index contributed by atoms with van der Waals surface area (Å²) in [7, 11) is 0. The zero-order chi connectivity index (χ0) is 29.9. The molecule has 0 spiro atoms. The fourth-order valence-corrected chi connectivity index (χ4v) is 5.69. The number of hydrogen-bond acceptors (Lipinski definition) is 2. The third kappa shape index (κ3) is 5.08. The van der Waals surface area contributed by atoms with E-state index in [0.717, 1.165) is 50.3 Å². The first-order valence-electron chi connectivity index (χ1n) is 14.4. The minimum absolute atomic E-state index is 0.277. The first kappa shape index (κ1) is 26.8. The van der Waals surface area contributed by atoms with Crippen LogP contribution < -0.4 is 4.90 Å². The zero-order valence-electron chi connectivity index (χ0n) is 23.7. The lowest BCUT2D eigenvalue weighted by Crippen LogP contribution is -2.11. The molecule has 0 aliphatic carbocycles. The van der Waals surface area contributed by atoms with Gasteiger partial charge in [-0.2, -0.15) is 0 Å². The average molecular weight is 568 g/mol. The number of pyridine rings is 1. The number of halogens is 1. The van der Waals surface area contributed by atoms with Crippen molar-refractivity contribution < 1.29 is 4.39 Å². The second-order valence-electron chi connectivity index (χ2n) is 10.5. The number of nitrogens with zero attached hydrogens (tertiary/aromatic N) is 3. The molecule has 0 fully saturated rings. The molecule has 44 heavy (non-hydrogen) atoms. The van der Waals surface area contributed by atoms with Gasteiger partial charge in [-0.3, -0.25) is 4.90 Å². The molecule has 0 amide bonds. The van der Waals surface area contributed by atoms with Crippen LogP contribution in [0.25, 0.3) is 49.1 Å². The SMILES string of the molecule is [C-]#[N+]c1cccc(F)c1-c1cccc(N(c2ccccc2)c2ccc3c(-c4ccccc4)cc(-c4ccccc4)cc3n2)c1. The summed E-state index contributed by atoms with van der Waals surface area (Å²) in [5, 5.41) is 1.05. The Morgan fingerprint density at radius 2 is 1.18 bits per heavy atom. The van der Waals surface area contributed by atoms with E-state index in [4.69, 9.17) is 11.6 Å². The van der Waals surface area contributed by atoms with Crippen LogP contribution in [0.3, 0.4) is 0 Å². The van der Waals surface area contributed by atoms with Crippen molar-refractivity contribution in [2.75, 3.05) is 4.90 Å². The molecule has 0 aliphatic heterocycles. The number of hydrogen-bond donors (Lipinski definition) is 0. The monoisotopic (exact) mass is 567 g/mol. The van der Waals surface area contributed by atoms with Crippen LogP contribution in [0.5, 0.6) is 0 Å². The van der Waals surface area contributed by atoms with Crippen LogP contribution in [0.15, 0.2) is 158 Å². The van der Waals surface area contributed by atoms with Gasteiger partial charge < -0.3 is 0 Å². The Morgan fingerprint density at radius 1 is 0.545 bits per heavy atom. The fraction of sp³-hybridized carbons (Fsp3) is 0. The molecule has 0 atom stereocenters. The van der Waals surface area contributed by atoms with E-state index < -0.39 is 5.82 Å². The molecule has 0 aliphatic rings. The molecule has 0 saturated heterocycles. The minimum atomic E-state index is -0.423. The molecular formula is C40H26FN3. The highest BCUT2D eigenvalue weighted by Gasteiger charge is 2.18. The normalized spacial score (nSPS) is 10.8. The predicted octanol–water partition coefficient (Wildman–Crippen LogP) is 11.4. The Bertz CT molecular complexity index is 2140. The van der Waals surface area contributed by atoms with E-state index in [1.807, 2.05) is 84.9 Å². The van der Waals surface area contributed by atoms with Crippen LogP contribution in [0, 0.1) is 12.4 Å². The van der Waals surface area contributed by atoms with Crippen molar-refractivity contribution in [3.8, 4) is 33.4 Å². The molecule has 0 radical (unpaired) electrons. The number of rotatable bonds is 6. The highest BCUT2D eigenvalue weighted by atomic mass is 19.1. The Kier molecular flexibility index (Phi) is 7.12. The van der Waals surface area contributed by atoms with Crippen LogP contribution in [-0.4, -0.2) is 4.98 Å². The zero-order valence-corrected chi connectivity index (χ0v) is 23.7. The quantitative estimate of drug-likeness (QED) is 0.186. The van der Waals surface area contributed by atoms with Crippen LogP contribution in [0.2, 0.25) is 0 Å². The number of anilines is 3. The molecule has 0 saturated carbocycles. The van der Waals surface area contributed by atoms with Crippen molar-refractivity contribution in [3.05, 3.63) is 175 Å². The summed E-state index contributed by atoms with van der Waals surface area (Å²) < 4.78 is 15.1. The van der Waals surface area contributed by atoms with E-state index in [1.165, 1.54) is 6.07 Å². The topological polar surface area (TPSA) is 20.5 Å². The van der Waals surface area contributed by atoms with Gasteiger partial charge in [0, 0.05) is 22.3 Å². The van der Waals surface area contributed by atoms with Crippen molar-refractivity contribution >= 4 is 33.8 Å². The highest BCUT2D eigenvalue weighted by molar-refractivity contribution is 5.99. The van der Waals surface area contributed by atoms with Crippen LogP contribution in [0.4, 0.5) is 27.3 Å². The van der Waals surface area contributed by atoms with Crippen molar-refractivity contribution in [1.29, 1.82) is 0 Å². The van der Waals surface area contributed by atoms with E-state index in [-0.39, 0.29) is 5.69 Å². The second kappa shape index (κ2) is 11.7. The molecule has 7 rings (SSSR count). The maximum Gasteiger partial charge on any atom is 0.197 e. The summed E-state index contributed by atoms with van der Waals surface area (Å²) >= 11 is 0. The van der Waals surface area contributed by atoms with Crippen molar-refractivity contribution in [3.63, 3.8) is 0 Å². The van der Waals surface area contributed by atoms with Gasteiger partial charge in [-0.1, -0.05) is 103 Å². The molecule has 208 valence electrons. The van der Waals surface area contributed by atoms with Gasteiger partial charge in [0.25, 0.3) is 0 Å². The van der Waals surface area contributed by atoms with Crippen molar-refractivity contribution in [2.24, 2.45) is 0 Å². The van der Waals surface area contributed by atoms with E-state index >= 15 is 4.39 Å². The Balaban J connectivity index is 1.44. The summed E-state index contributed by atoms with van der Waals surface area (Å²) in [5.41, 5.74) is 8.23. The van der Waals surface area contributed by atoms with Gasteiger partial charge in [0.05, 0.1) is 12.1 Å². The van der Waals surface area contributed by atoms with Gasteiger partial charge in [-0.15, -0.1) is 0 Å². The Morgan fingerprint density at radius 3 is 1.91 bits per heavy atom. The number of benzene rings is 6. The number of para-hydroxylation sites is 1. The Hall–Kier alpha value is -6.05. The molecule has 4 heteroatoms. The summed E-state index contributed by atoms with van der Waals surface area (Å²) in [6.07, 6.45) is 0. The standard InChI is InChI=1S/C40H26FN3/c1-42-37-22-12-21-36(41)40(37)30-17-11-20-33(25-30)44(32-18-9-4-10-19-32)39-24-23-34-35(29-15-7-3-8-16-29)26-31(27-38(34)43-39)28-13-5-2-6-14-28/h2-27H. The molecule has 0 N–H and O–H groups in total. The van der Waals surface area contributed by atoms with Crippen LogP contribution >= 0.6 is 0 Å². The lowest BCUT2D eigenvalue weighted by molar-refractivity contribution is 0.632. The maximum atomic E-state index is 15.1. The first-order valence-corrected chi connectivity index (χ1v) is 14.4. The molecule has 3 nitrogen and oxygen atoms in total. The molecule has 1 aromatic heterocycles. The third-order valence-electron chi connectivity index (χ3n) is 7.73. The Labute approximate surface area is 256 Å². The van der Waals surface area contributed by atoms with E-state index in [2.05, 4.69) is 64.3 Å². The second-order valence-corrected chi connectivity index (χ2v) is 10.5. The molecule has 0 bridgehead atoms. The first-order chi connectivity index (χ1) is 21.7. The van der Waals surface area contributed by atoms with E-state index in [9.17, 15) is 0 Å². The molecule has 7 aromatic rings. The minimum Gasteiger partial charge on any atom is -0.295 e. The maximum absolute atomic E-state index is 15.1. The van der Waals surface area contributed by atoms with Gasteiger partial charge in [0.15, 0.2) is 5.69 Å². The molecule has 0 unspecified atom stereocenters. The van der Waals surface area contributed by atoms with Gasteiger partial charge in [-0.05, 0) is 82.4 Å². The average Bonchev–Trinajstić information content (AvgIpc) is 3.09. The number of aromatic nitrogens is 1. The smallest absolute Gasteiger partial charge is 0.197 e.